The number of thioether (sulfide) groups is 1. The molecule has 1 rings (SSSR count). The zero-order valence-corrected chi connectivity index (χ0v) is 10.3. The standard InChI is InChI=1S/C11H15ClN2S/c1-2-3-8-6-10(12)5-4-9(8)7-15-11(13)14/h4-6H,2-3,7H2,1H3,(H3,13,14). The first kappa shape index (κ1) is 12.4. The Hall–Kier alpha value is -0.670. The number of halogens is 1. The van der Waals surface area contributed by atoms with Gasteiger partial charge >= 0.3 is 0 Å². The molecule has 0 bridgehead atoms. The van der Waals surface area contributed by atoms with Crippen molar-refractivity contribution in [2.75, 3.05) is 0 Å². The third-order valence-corrected chi connectivity index (χ3v) is 3.07. The molecule has 0 aliphatic rings. The third-order valence-electron chi connectivity index (χ3n) is 2.07. The zero-order chi connectivity index (χ0) is 11.3. The molecule has 0 aromatic heterocycles. The van der Waals surface area contributed by atoms with Crippen molar-refractivity contribution in [2.24, 2.45) is 5.73 Å². The van der Waals surface area contributed by atoms with E-state index in [1.807, 2.05) is 18.2 Å². The van der Waals surface area contributed by atoms with Crippen LogP contribution in [0.1, 0.15) is 24.5 Å². The van der Waals surface area contributed by atoms with E-state index in [9.17, 15) is 0 Å². The molecule has 1 aromatic rings. The average Bonchev–Trinajstić information content (AvgIpc) is 2.17. The van der Waals surface area contributed by atoms with Gasteiger partial charge in [-0.15, -0.1) is 0 Å². The molecule has 0 saturated heterocycles. The van der Waals surface area contributed by atoms with Gasteiger partial charge in [-0.2, -0.15) is 0 Å². The molecule has 0 aliphatic heterocycles. The molecule has 0 heterocycles. The molecule has 2 nitrogen and oxygen atoms in total. The van der Waals surface area contributed by atoms with Crippen molar-refractivity contribution in [1.82, 2.24) is 0 Å². The summed E-state index contributed by atoms with van der Waals surface area (Å²) in [6, 6.07) is 5.90. The summed E-state index contributed by atoms with van der Waals surface area (Å²) in [5.41, 5.74) is 7.80. The van der Waals surface area contributed by atoms with Crippen LogP contribution in [0.4, 0.5) is 0 Å². The van der Waals surface area contributed by atoms with Gasteiger partial charge in [-0.05, 0) is 29.7 Å². The lowest BCUT2D eigenvalue weighted by Crippen LogP contribution is -2.04. The molecule has 82 valence electrons. The molecule has 0 spiro atoms. The van der Waals surface area contributed by atoms with Gasteiger partial charge in [0.2, 0.25) is 0 Å². The maximum absolute atomic E-state index is 7.17. The minimum absolute atomic E-state index is 0.160. The third kappa shape index (κ3) is 4.14. The lowest BCUT2D eigenvalue weighted by Gasteiger charge is -2.08. The van der Waals surface area contributed by atoms with E-state index in [-0.39, 0.29) is 5.17 Å². The van der Waals surface area contributed by atoms with Gasteiger partial charge in [-0.3, -0.25) is 5.41 Å². The first-order chi connectivity index (χ1) is 7.13. The molecule has 0 fully saturated rings. The molecule has 0 saturated carbocycles. The van der Waals surface area contributed by atoms with E-state index in [2.05, 4.69) is 6.92 Å². The van der Waals surface area contributed by atoms with Gasteiger partial charge < -0.3 is 5.73 Å². The largest absolute Gasteiger partial charge is 0.379 e. The minimum atomic E-state index is 0.160. The maximum Gasteiger partial charge on any atom is 0.151 e. The van der Waals surface area contributed by atoms with Gasteiger partial charge in [0, 0.05) is 10.8 Å². The fourth-order valence-corrected chi connectivity index (χ4v) is 2.18. The summed E-state index contributed by atoms with van der Waals surface area (Å²) in [6.07, 6.45) is 2.12. The highest BCUT2D eigenvalue weighted by Gasteiger charge is 2.03. The fraction of sp³-hybridized carbons (Fsp3) is 0.364. The summed E-state index contributed by atoms with van der Waals surface area (Å²) in [5, 5.41) is 8.11. The zero-order valence-electron chi connectivity index (χ0n) is 8.72. The Labute approximate surface area is 99.7 Å². The van der Waals surface area contributed by atoms with Gasteiger partial charge in [-0.25, -0.2) is 0 Å². The molecule has 0 unspecified atom stereocenters. The van der Waals surface area contributed by atoms with Crippen molar-refractivity contribution in [3.63, 3.8) is 0 Å². The number of nitrogens with two attached hydrogens (primary N) is 1. The number of hydrogen-bond acceptors (Lipinski definition) is 2. The Morgan fingerprint density at radius 1 is 1.47 bits per heavy atom. The average molecular weight is 243 g/mol. The summed E-state index contributed by atoms with van der Waals surface area (Å²) in [6.45, 7) is 2.14. The molecule has 0 atom stereocenters. The Kier molecular flexibility index (Phi) is 4.99. The Morgan fingerprint density at radius 2 is 2.20 bits per heavy atom. The van der Waals surface area contributed by atoms with Crippen LogP contribution in [0.5, 0.6) is 0 Å². The van der Waals surface area contributed by atoms with E-state index in [0.717, 1.165) is 23.6 Å². The monoisotopic (exact) mass is 242 g/mol. The van der Waals surface area contributed by atoms with Crippen molar-refractivity contribution in [3.05, 3.63) is 34.3 Å². The molecule has 1 aromatic carbocycles. The molecule has 3 N–H and O–H groups in total. The Balaban J connectivity index is 2.80. The van der Waals surface area contributed by atoms with Crippen molar-refractivity contribution >= 4 is 28.5 Å². The van der Waals surface area contributed by atoms with Crippen LogP contribution in [0, 0.1) is 5.41 Å². The summed E-state index contributed by atoms with van der Waals surface area (Å²) in [7, 11) is 0. The first-order valence-electron chi connectivity index (χ1n) is 4.87. The van der Waals surface area contributed by atoms with E-state index in [0.29, 0.717) is 0 Å². The normalized spacial score (nSPS) is 10.3. The summed E-state index contributed by atoms with van der Waals surface area (Å²) >= 11 is 7.29. The van der Waals surface area contributed by atoms with Gasteiger partial charge in [-0.1, -0.05) is 42.8 Å². The van der Waals surface area contributed by atoms with Crippen LogP contribution in [0.15, 0.2) is 18.2 Å². The predicted octanol–water partition coefficient (Wildman–Crippen LogP) is 3.42. The summed E-state index contributed by atoms with van der Waals surface area (Å²) < 4.78 is 0. The molecule has 0 amide bonds. The molecular weight excluding hydrogens is 228 g/mol. The molecular formula is C11H15ClN2S. The van der Waals surface area contributed by atoms with Crippen LogP contribution in [0.25, 0.3) is 0 Å². The van der Waals surface area contributed by atoms with E-state index >= 15 is 0 Å². The van der Waals surface area contributed by atoms with Gasteiger partial charge in [0.15, 0.2) is 5.17 Å². The van der Waals surface area contributed by atoms with Gasteiger partial charge in [0.25, 0.3) is 0 Å². The molecule has 4 heteroatoms. The second-order valence-corrected chi connectivity index (χ2v) is 4.77. The Morgan fingerprint density at radius 3 is 2.80 bits per heavy atom. The van der Waals surface area contributed by atoms with Crippen molar-refractivity contribution in [2.45, 2.75) is 25.5 Å². The van der Waals surface area contributed by atoms with Crippen LogP contribution in [-0.2, 0) is 12.2 Å². The molecule has 0 radical (unpaired) electrons. The smallest absolute Gasteiger partial charge is 0.151 e. The predicted molar refractivity (Wildman–Crippen MR) is 68.7 cm³/mol. The number of hydrogen-bond donors (Lipinski definition) is 2. The van der Waals surface area contributed by atoms with Gasteiger partial charge in [0.05, 0.1) is 0 Å². The number of benzene rings is 1. The Bertz CT molecular complexity index is 352. The van der Waals surface area contributed by atoms with Crippen molar-refractivity contribution in [3.8, 4) is 0 Å². The quantitative estimate of drug-likeness (QED) is 0.628. The van der Waals surface area contributed by atoms with Crippen LogP contribution in [-0.4, -0.2) is 5.17 Å². The number of aryl methyl sites for hydroxylation is 1. The highest BCUT2D eigenvalue weighted by atomic mass is 35.5. The minimum Gasteiger partial charge on any atom is -0.379 e. The highest BCUT2D eigenvalue weighted by Crippen LogP contribution is 2.21. The van der Waals surface area contributed by atoms with E-state index in [1.165, 1.54) is 22.9 Å². The van der Waals surface area contributed by atoms with E-state index in [4.69, 9.17) is 22.7 Å². The lowest BCUT2D eigenvalue weighted by atomic mass is 10.0. The number of nitrogens with one attached hydrogen (secondary N) is 1. The van der Waals surface area contributed by atoms with Crippen LogP contribution < -0.4 is 5.73 Å². The summed E-state index contributed by atoms with van der Waals surface area (Å²) in [4.78, 5) is 0. The van der Waals surface area contributed by atoms with Crippen LogP contribution in [0.3, 0.4) is 0 Å². The van der Waals surface area contributed by atoms with E-state index in [1.54, 1.807) is 0 Å². The van der Waals surface area contributed by atoms with Crippen LogP contribution in [0.2, 0.25) is 5.02 Å². The molecule has 15 heavy (non-hydrogen) atoms. The SMILES string of the molecule is CCCc1cc(Cl)ccc1CSC(=N)N. The summed E-state index contributed by atoms with van der Waals surface area (Å²) in [5.74, 6) is 0.752. The van der Waals surface area contributed by atoms with Crippen molar-refractivity contribution in [1.29, 1.82) is 5.41 Å². The number of rotatable bonds is 4. The van der Waals surface area contributed by atoms with Gasteiger partial charge in [0.1, 0.15) is 0 Å². The second-order valence-electron chi connectivity index (χ2n) is 3.32. The first-order valence-corrected chi connectivity index (χ1v) is 6.24. The number of amidine groups is 1. The van der Waals surface area contributed by atoms with E-state index < -0.39 is 0 Å². The second kappa shape index (κ2) is 6.03. The lowest BCUT2D eigenvalue weighted by molar-refractivity contribution is 0.911. The fourth-order valence-electron chi connectivity index (χ4n) is 1.39. The van der Waals surface area contributed by atoms with Crippen molar-refractivity contribution < 1.29 is 0 Å². The maximum atomic E-state index is 7.17. The van der Waals surface area contributed by atoms with Crippen LogP contribution >= 0.6 is 23.4 Å². The highest BCUT2D eigenvalue weighted by molar-refractivity contribution is 8.13. The topological polar surface area (TPSA) is 49.9 Å². The molecule has 0 aliphatic carbocycles.